The fourth-order valence-electron chi connectivity index (χ4n) is 1.83. The molecular formula is C12H21O2. The van der Waals surface area contributed by atoms with Crippen LogP contribution in [0.3, 0.4) is 0 Å². The highest BCUT2D eigenvalue weighted by atomic mass is 16.6. The van der Waals surface area contributed by atoms with Crippen molar-refractivity contribution in [1.29, 1.82) is 0 Å². The maximum absolute atomic E-state index is 11.5. The van der Waals surface area contributed by atoms with Crippen LogP contribution in [0.1, 0.15) is 52.9 Å². The Bertz CT molecular complexity index is 185. The molecule has 1 fully saturated rings. The highest BCUT2D eigenvalue weighted by molar-refractivity contribution is 5.70. The van der Waals surface area contributed by atoms with Gasteiger partial charge in [-0.1, -0.05) is 12.8 Å². The van der Waals surface area contributed by atoms with Crippen LogP contribution in [0.4, 0.5) is 0 Å². The molecule has 14 heavy (non-hydrogen) atoms. The van der Waals surface area contributed by atoms with E-state index in [9.17, 15) is 4.79 Å². The van der Waals surface area contributed by atoms with E-state index in [4.69, 9.17) is 4.74 Å². The van der Waals surface area contributed by atoms with Crippen molar-refractivity contribution in [3.63, 3.8) is 0 Å². The standard InChI is InChI=1S/C12H21O2/c1-12(2,3)14-11(13)9-10-7-5-4-6-8-10/h5,10H,4,6-9H2,1-3H3. The number of rotatable bonds is 2. The quantitative estimate of drug-likeness (QED) is 0.636. The summed E-state index contributed by atoms with van der Waals surface area (Å²) in [6.07, 6.45) is 7.58. The smallest absolute Gasteiger partial charge is 0.306 e. The van der Waals surface area contributed by atoms with Crippen molar-refractivity contribution in [3.8, 4) is 0 Å². The van der Waals surface area contributed by atoms with Crippen LogP contribution in [0.25, 0.3) is 0 Å². The molecule has 1 saturated carbocycles. The van der Waals surface area contributed by atoms with Crippen LogP contribution in [0.5, 0.6) is 0 Å². The lowest BCUT2D eigenvalue weighted by atomic mass is 9.87. The number of hydrogen-bond acceptors (Lipinski definition) is 2. The van der Waals surface area contributed by atoms with Crippen molar-refractivity contribution in [2.45, 2.75) is 58.5 Å². The third kappa shape index (κ3) is 4.64. The number of hydrogen-bond donors (Lipinski definition) is 0. The third-order valence-corrected chi connectivity index (χ3v) is 2.40. The molecule has 0 aromatic carbocycles. The summed E-state index contributed by atoms with van der Waals surface area (Å²) in [6, 6.07) is 0. The second-order valence-corrected chi connectivity index (χ2v) is 5.11. The maximum Gasteiger partial charge on any atom is 0.306 e. The zero-order chi connectivity index (χ0) is 10.6. The van der Waals surface area contributed by atoms with Crippen molar-refractivity contribution in [1.82, 2.24) is 0 Å². The molecule has 81 valence electrons. The van der Waals surface area contributed by atoms with Gasteiger partial charge in [-0.3, -0.25) is 4.79 Å². The highest BCUT2D eigenvalue weighted by Gasteiger charge is 2.21. The Morgan fingerprint density at radius 2 is 2.21 bits per heavy atom. The van der Waals surface area contributed by atoms with E-state index in [1.54, 1.807) is 0 Å². The molecule has 1 atom stereocenters. The molecule has 0 aromatic rings. The molecule has 0 aromatic heterocycles. The summed E-state index contributed by atoms with van der Waals surface area (Å²) in [7, 11) is 0. The molecule has 0 heterocycles. The van der Waals surface area contributed by atoms with Gasteiger partial charge >= 0.3 is 5.97 Å². The van der Waals surface area contributed by atoms with Crippen molar-refractivity contribution >= 4 is 5.97 Å². The summed E-state index contributed by atoms with van der Waals surface area (Å²) >= 11 is 0. The molecule has 0 bridgehead atoms. The van der Waals surface area contributed by atoms with Gasteiger partial charge in [-0.2, -0.15) is 0 Å². The lowest BCUT2D eigenvalue weighted by Gasteiger charge is -2.24. The normalized spacial score (nSPS) is 19.4. The van der Waals surface area contributed by atoms with Crippen molar-refractivity contribution in [3.05, 3.63) is 6.42 Å². The topological polar surface area (TPSA) is 26.3 Å². The summed E-state index contributed by atoms with van der Waals surface area (Å²) < 4.78 is 5.29. The summed E-state index contributed by atoms with van der Waals surface area (Å²) in [5.74, 6) is 0.483. The van der Waals surface area contributed by atoms with E-state index < -0.39 is 0 Å². The van der Waals surface area contributed by atoms with Crippen LogP contribution in [0.2, 0.25) is 0 Å². The van der Waals surface area contributed by atoms with E-state index in [-0.39, 0.29) is 11.6 Å². The molecule has 0 saturated heterocycles. The first-order valence-electron chi connectivity index (χ1n) is 5.51. The average Bonchev–Trinajstić information content (AvgIpc) is 2.02. The van der Waals surface area contributed by atoms with Gasteiger partial charge in [-0.25, -0.2) is 0 Å². The molecule has 1 radical (unpaired) electrons. The summed E-state index contributed by atoms with van der Waals surface area (Å²) in [5, 5.41) is 0. The van der Waals surface area contributed by atoms with Crippen LogP contribution >= 0.6 is 0 Å². The van der Waals surface area contributed by atoms with Gasteiger partial charge in [0.15, 0.2) is 0 Å². The van der Waals surface area contributed by atoms with Gasteiger partial charge in [0.1, 0.15) is 5.60 Å². The third-order valence-electron chi connectivity index (χ3n) is 2.40. The van der Waals surface area contributed by atoms with E-state index in [1.807, 2.05) is 20.8 Å². The molecule has 1 aliphatic rings. The van der Waals surface area contributed by atoms with E-state index in [1.165, 1.54) is 19.3 Å². The average molecular weight is 197 g/mol. The molecule has 0 amide bonds. The largest absolute Gasteiger partial charge is 0.460 e. The predicted molar refractivity (Wildman–Crippen MR) is 56.7 cm³/mol. The number of esters is 1. The van der Waals surface area contributed by atoms with Gasteiger partial charge in [0.25, 0.3) is 0 Å². The SMILES string of the molecule is CC(C)(C)OC(=O)CC1C[CH]CCC1. The first-order valence-corrected chi connectivity index (χ1v) is 5.51. The first kappa shape index (κ1) is 11.5. The molecule has 2 heteroatoms. The van der Waals surface area contributed by atoms with E-state index in [0.717, 1.165) is 6.42 Å². The number of carbonyl (C=O) groups excluding carboxylic acids is 1. The molecule has 0 spiro atoms. The van der Waals surface area contributed by atoms with Crippen molar-refractivity contribution < 1.29 is 9.53 Å². The first-order chi connectivity index (χ1) is 6.47. The monoisotopic (exact) mass is 197 g/mol. The van der Waals surface area contributed by atoms with E-state index >= 15 is 0 Å². The number of ether oxygens (including phenoxy) is 1. The molecule has 0 aliphatic heterocycles. The molecule has 2 nitrogen and oxygen atoms in total. The fourth-order valence-corrected chi connectivity index (χ4v) is 1.83. The minimum Gasteiger partial charge on any atom is -0.460 e. The van der Waals surface area contributed by atoms with Crippen LogP contribution < -0.4 is 0 Å². The Morgan fingerprint density at radius 1 is 1.50 bits per heavy atom. The minimum atomic E-state index is -0.338. The van der Waals surface area contributed by atoms with Gasteiger partial charge in [0.2, 0.25) is 0 Å². The van der Waals surface area contributed by atoms with Crippen LogP contribution in [-0.2, 0) is 9.53 Å². The molecule has 1 unspecified atom stereocenters. The van der Waals surface area contributed by atoms with Gasteiger partial charge < -0.3 is 4.74 Å². The Hall–Kier alpha value is -0.530. The Balaban J connectivity index is 2.25. The Morgan fingerprint density at radius 3 is 2.71 bits per heavy atom. The summed E-state index contributed by atoms with van der Waals surface area (Å²) in [6.45, 7) is 5.74. The lowest BCUT2D eigenvalue weighted by Crippen LogP contribution is -2.25. The summed E-state index contributed by atoms with van der Waals surface area (Å²) in [5.41, 5.74) is -0.338. The lowest BCUT2D eigenvalue weighted by molar-refractivity contribution is -0.156. The molecule has 1 aliphatic carbocycles. The highest BCUT2D eigenvalue weighted by Crippen LogP contribution is 2.26. The number of carbonyl (C=O) groups is 1. The van der Waals surface area contributed by atoms with Crippen molar-refractivity contribution in [2.75, 3.05) is 0 Å². The van der Waals surface area contributed by atoms with Gasteiger partial charge in [0.05, 0.1) is 0 Å². The zero-order valence-corrected chi connectivity index (χ0v) is 9.51. The van der Waals surface area contributed by atoms with Crippen molar-refractivity contribution in [2.24, 2.45) is 5.92 Å². The van der Waals surface area contributed by atoms with Crippen LogP contribution in [-0.4, -0.2) is 11.6 Å². The van der Waals surface area contributed by atoms with Crippen LogP contribution in [0, 0.1) is 12.3 Å². The fraction of sp³-hybridized carbons (Fsp3) is 0.833. The second-order valence-electron chi connectivity index (χ2n) is 5.11. The molecular weight excluding hydrogens is 176 g/mol. The minimum absolute atomic E-state index is 0.0437. The molecule has 1 rings (SSSR count). The second kappa shape index (κ2) is 4.81. The van der Waals surface area contributed by atoms with Crippen LogP contribution in [0.15, 0.2) is 0 Å². The predicted octanol–water partition coefficient (Wildman–Crippen LogP) is 3.11. The Kier molecular flexibility index (Phi) is 3.97. The van der Waals surface area contributed by atoms with Gasteiger partial charge in [-0.05, 0) is 46.0 Å². The summed E-state index contributed by atoms with van der Waals surface area (Å²) in [4.78, 5) is 11.5. The zero-order valence-electron chi connectivity index (χ0n) is 9.51. The van der Waals surface area contributed by atoms with E-state index in [2.05, 4.69) is 6.42 Å². The van der Waals surface area contributed by atoms with E-state index in [0.29, 0.717) is 12.3 Å². The van der Waals surface area contributed by atoms with Gasteiger partial charge in [0, 0.05) is 6.42 Å². The maximum atomic E-state index is 11.5. The Labute approximate surface area is 87.0 Å². The molecule has 0 N–H and O–H groups in total. The van der Waals surface area contributed by atoms with Gasteiger partial charge in [-0.15, -0.1) is 0 Å².